The zero-order valence-electron chi connectivity index (χ0n) is 22.0. The van der Waals surface area contributed by atoms with Crippen LogP contribution in [-0.2, 0) is 10.0 Å². The molecule has 5 rings (SSSR count). The van der Waals surface area contributed by atoms with Crippen LogP contribution in [0.25, 0.3) is 10.2 Å². The molecule has 2 aliphatic heterocycles. The molecule has 1 N–H and O–H groups in total. The molecule has 0 aliphatic carbocycles. The molecule has 9 nitrogen and oxygen atoms in total. The van der Waals surface area contributed by atoms with Crippen LogP contribution in [-0.4, -0.2) is 88.0 Å². The lowest BCUT2D eigenvalue weighted by atomic mass is 10.2. The monoisotopic (exact) mass is 557 g/mol. The van der Waals surface area contributed by atoms with Gasteiger partial charge in [0.25, 0.3) is 5.91 Å². The van der Waals surface area contributed by atoms with Crippen LogP contribution in [0, 0.1) is 6.92 Å². The number of fused-ring (bicyclic) bond motifs is 1. The Morgan fingerprint density at radius 2 is 1.71 bits per heavy atom. The number of piperidine rings is 1. The van der Waals surface area contributed by atoms with Crippen molar-refractivity contribution in [3.05, 3.63) is 47.5 Å². The Morgan fingerprint density at radius 1 is 1.00 bits per heavy atom. The van der Waals surface area contributed by atoms with Gasteiger partial charge in [0.05, 0.1) is 16.7 Å². The van der Waals surface area contributed by atoms with Gasteiger partial charge in [-0.1, -0.05) is 23.8 Å². The number of ether oxygens (including phenoxy) is 1. The van der Waals surface area contributed by atoms with Gasteiger partial charge in [-0.3, -0.25) is 9.69 Å². The normalized spacial score (nSPS) is 17.6. The van der Waals surface area contributed by atoms with E-state index in [4.69, 9.17) is 9.72 Å². The van der Waals surface area contributed by atoms with Crippen molar-refractivity contribution in [2.45, 2.75) is 31.1 Å². The number of benzene rings is 2. The first-order valence-electron chi connectivity index (χ1n) is 13.2. The summed E-state index contributed by atoms with van der Waals surface area (Å²) in [6.45, 7) is 8.06. The number of carbonyl (C=O) groups is 1. The summed E-state index contributed by atoms with van der Waals surface area (Å²) in [6, 6.07) is 10.3. The fourth-order valence-electron chi connectivity index (χ4n) is 5.02. The Morgan fingerprint density at radius 3 is 2.39 bits per heavy atom. The third-order valence-electron chi connectivity index (χ3n) is 7.34. The first-order valence-corrected chi connectivity index (χ1v) is 15.4. The number of anilines is 1. The van der Waals surface area contributed by atoms with Gasteiger partial charge in [0.2, 0.25) is 10.0 Å². The van der Waals surface area contributed by atoms with Crippen molar-refractivity contribution in [1.29, 1.82) is 0 Å². The molecule has 0 spiro atoms. The lowest BCUT2D eigenvalue weighted by Gasteiger charge is -2.34. The van der Waals surface area contributed by atoms with Gasteiger partial charge >= 0.3 is 0 Å². The molecule has 2 aromatic carbocycles. The van der Waals surface area contributed by atoms with Gasteiger partial charge in [0, 0.05) is 57.9 Å². The number of hydrogen-bond acceptors (Lipinski definition) is 8. The maximum absolute atomic E-state index is 12.8. The summed E-state index contributed by atoms with van der Waals surface area (Å²) >= 11 is 1.71. The van der Waals surface area contributed by atoms with Gasteiger partial charge in [0.15, 0.2) is 5.13 Å². The summed E-state index contributed by atoms with van der Waals surface area (Å²) < 4.78 is 33.9. The number of piperazine rings is 1. The number of nitrogens with one attached hydrogen (secondary N) is 1. The van der Waals surface area contributed by atoms with Crippen LogP contribution in [0.1, 0.15) is 35.2 Å². The minimum Gasteiger partial charge on any atom is -0.494 e. The van der Waals surface area contributed by atoms with Crippen LogP contribution in [0.2, 0.25) is 0 Å². The van der Waals surface area contributed by atoms with Crippen molar-refractivity contribution in [2.75, 3.05) is 64.4 Å². The summed E-state index contributed by atoms with van der Waals surface area (Å²) in [7, 11) is -1.82. The SMILES string of the molecule is COc1ccc(C)c2sc(N3CCN(CCNC(=O)c4ccc(S(=O)(=O)N5CCCCC5)cc4)CC3)nc12. The van der Waals surface area contributed by atoms with Crippen LogP contribution in [0.3, 0.4) is 0 Å². The standard InChI is InChI=1S/C27H35N5O4S2/c1-20-6-11-23(36-2)24-25(20)37-27(29-24)31-18-16-30(17-19-31)15-12-28-26(33)21-7-9-22(10-8-21)38(34,35)32-13-4-3-5-14-32/h6-11H,3-5,12-19H2,1-2H3,(H,28,33). The van der Waals surface area contributed by atoms with Crippen LogP contribution >= 0.6 is 11.3 Å². The Balaban J connectivity index is 1.10. The third-order valence-corrected chi connectivity index (χ3v) is 10.5. The maximum atomic E-state index is 12.8. The Bertz CT molecular complexity index is 1380. The van der Waals surface area contributed by atoms with Crippen LogP contribution in [0.5, 0.6) is 5.75 Å². The predicted molar refractivity (Wildman–Crippen MR) is 151 cm³/mol. The van der Waals surface area contributed by atoms with Crippen LogP contribution < -0.4 is 15.0 Å². The molecule has 0 radical (unpaired) electrons. The minimum absolute atomic E-state index is 0.190. The number of aryl methyl sites for hydroxylation is 1. The number of hydrogen-bond donors (Lipinski definition) is 1. The second kappa shape index (κ2) is 11.6. The molecule has 3 heterocycles. The zero-order valence-corrected chi connectivity index (χ0v) is 23.6. The smallest absolute Gasteiger partial charge is 0.251 e. The number of amides is 1. The molecule has 0 saturated carbocycles. The van der Waals surface area contributed by atoms with E-state index in [2.05, 4.69) is 28.1 Å². The molecule has 2 aliphatic rings. The maximum Gasteiger partial charge on any atom is 0.251 e. The highest BCUT2D eigenvalue weighted by molar-refractivity contribution is 7.89. The molecule has 0 atom stereocenters. The Kier molecular flexibility index (Phi) is 8.18. The molecular weight excluding hydrogens is 522 g/mol. The molecule has 11 heteroatoms. The third kappa shape index (κ3) is 5.66. The van der Waals surface area contributed by atoms with Gasteiger partial charge in [-0.15, -0.1) is 0 Å². The van der Waals surface area contributed by atoms with Gasteiger partial charge < -0.3 is 15.0 Å². The molecule has 38 heavy (non-hydrogen) atoms. The van der Waals surface area contributed by atoms with Crippen LogP contribution in [0.15, 0.2) is 41.3 Å². The summed E-state index contributed by atoms with van der Waals surface area (Å²) in [4.78, 5) is 22.4. The highest BCUT2D eigenvalue weighted by atomic mass is 32.2. The van der Waals surface area contributed by atoms with E-state index in [1.54, 1.807) is 34.9 Å². The van der Waals surface area contributed by atoms with Crippen molar-refractivity contribution in [2.24, 2.45) is 0 Å². The van der Waals surface area contributed by atoms with E-state index in [9.17, 15) is 13.2 Å². The second-order valence-corrected chi connectivity index (χ2v) is 12.7. The molecule has 0 unspecified atom stereocenters. The Labute approximate surface area is 228 Å². The van der Waals surface area contributed by atoms with E-state index in [1.807, 2.05) is 6.07 Å². The van der Waals surface area contributed by atoms with Crippen molar-refractivity contribution >= 4 is 42.6 Å². The molecule has 3 aromatic rings. The van der Waals surface area contributed by atoms with Crippen molar-refractivity contribution in [3.8, 4) is 5.75 Å². The number of rotatable bonds is 8. The average Bonchev–Trinajstić information content (AvgIpc) is 3.41. The van der Waals surface area contributed by atoms with Gasteiger partial charge in [0.1, 0.15) is 11.3 Å². The van der Waals surface area contributed by atoms with Crippen molar-refractivity contribution < 1.29 is 17.9 Å². The number of thiazole rings is 1. The molecule has 204 valence electrons. The second-order valence-electron chi connectivity index (χ2n) is 9.83. The van der Waals surface area contributed by atoms with Gasteiger partial charge in [-0.05, 0) is 55.7 Å². The van der Waals surface area contributed by atoms with Crippen LogP contribution in [0.4, 0.5) is 5.13 Å². The van der Waals surface area contributed by atoms with Gasteiger partial charge in [-0.2, -0.15) is 4.31 Å². The molecule has 1 aromatic heterocycles. The number of sulfonamides is 1. The van der Waals surface area contributed by atoms with E-state index < -0.39 is 10.0 Å². The van der Waals surface area contributed by atoms with Gasteiger partial charge in [-0.25, -0.2) is 13.4 Å². The zero-order chi connectivity index (χ0) is 26.7. The topological polar surface area (TPSA) is 95.1 Å². The van der Waals surface area contributed by atoms with E-state index in [-0.39, 0.29) is 10.8 Å². The summed E-state index contributed by atoms with van der Waals surface area (Å²) in [5.41, 5.74) is 2.60. The van der Waals surface area contributed by atoms with E-state index in [0.717, 1.165) is 68.4 Å². The lowest BCUT2D eigenvalue weighted by molar-refractivity contribution is 0.0947. The predicted octanol–water partition coefficient (Wildman–Crippen LogP) is 3.34. The summed E-state index contributed by atoms with van der Waals surface area (Å²) in [5.74, 6) is 0.616. The largest absolute Gasteiger partial charge is 0.494 e. The summed E-state index contributed by atoms with van der Waals surface area (Å²) in [5, 5.41) is 3.99. The fraction of sp³-hybridized carbons (Fsp3) is 0.481. The number of nitrogens with zero attached hydrogens (tertiary/aromatic N) is 4. The lowest BCUT2D eigenvalue weighted by Crippen LogP contribution is -2.48. The highest BCUT2D eigenvalue weighted by Gasteiger charge is 2.26. The minimum atomic E-state index is -3.49. The highest BCUT2D eigenvalue weighted by Crippen LogP contribution is 2.36. The molecular formula is C27H35N5O4S2. The molecule has 0 bridgehead atoms. The first kappa shape index (κ1) is 26.9. The van der Waals surface area contributed by atoms with E-state index in [0.29, 0.717) is 25.2 Å². The first-order chi connectivity index (χ1) is 18.4. The molecule has 2 fully saturated rings. The molecule has 2 saturated heterocycles. The average molecular weight is 558 g/mol. The summed E-state index contributed by atoms with van der Waals surface area (Å²) in [6.07, 6.45) is 2.86. The number of carbonyl (C=O) groups excluding carboxylic acids is 1. The van der Waals surface area contributed by atoms with Crippen molar-refractivity contribution in [3.63, 3.8) is 0 Å². The number of methoxy groups -OCH3 is 1. The van der Waals surface area contributed by atoms with E-state index in [1.165, 1.54) is 22.4 Å². The number of aromatic nitrogens is 1. The quantitative estimate of drug-likeness (QED) is 0.454. The molecule has 1 amide bonds. The fourth-order valence-corrected chi connectivity index (χ4v) is 7.64. The van der Waals surface area contributed by atoms with Crippen molar-refractivity contribution in [1.82, 2.24) is 19.5 Å². The van der Waals surface area contributed by atoms with E-state index >= 15 is 0 Å². The Hall–Kier alpha value is -2.73.